The van der Waals surface area contributed by atoms with Crippen LogP contribution in [-0.4, -0.2) is 72.9 Å². The Balaban J connectivity index is 1.68. The molecule has 9 nitrogen and oxygen atoms in total. The van der Waals surface area contributed by atoms with Crippen molar-refractivity contribution in [1.82, 2.24) is 0 Å². The van der Waals surface area contributed by atoms with Gasteiger partial charge in [0.05, 0.1) is 25.2 Å². The van der Waals surface area contributed by atoms with Crippen molar-refractivity contribution in [2.24, 2.45) is 39.9 Å². The van der Waals surface area contributed by atoms with Crippen LogP contribution in [0.15, 0.2) is 0 Å². The van der Waals surface area contributed by atoms with Gasteiger partial charge in [0.25, 0.3) is 0 Å². The molecule has 6 rings (SSSR count). The van der Waals surface area contributed by atoms with E-state index in [1.807, 2.05) is 6.92 Å². The first-order valence-corrected chi connectivity index (χ1v) is 12.3. The van der Waals surface area contributed by atoms with E-state index in [2.05, 4.69) is 0 Å². The number of hydrogen-bond donors (Lipinski definition) is 2. The Morgan fingerprint density at radius 3 is 2.56 bits per heavy atom. The Labute approximate surface area is 199 Å². The van der Waals surface area contributed by atoms with Gasteiger partial charge in [-0.05, 0) is 31.6 Å². The maximum atomic E-state index is 14.1. The van der Waals surface area contributed by atoms with Gasteiger partial charge in [-0.25, -0.2) is 0 Å². The maximum Gasteiger partial charge on any atom is 0.302 e. The molecule has 2 aliphatic heterocycles. The predicted octanol–water partition coefficient (Wildman–Crippen LogP) is 1.23. The van der Waals surface area contributed by atoms with E-state index in [1.165, 1.54) is 21.0 Å². The standard InChI is InChI=1S/C25H36O9/c1-13(26)32-11-22(3)6-5-7-23-12-33-25(30,21(29)19(22)23)24-9-15(16(10-31-4)20(24)28)8-17(18(23)24)34-14(2)27/h15-19,21,29-30H,5-12H2,1-4H3/t15-,16-,17-,18+,19-,21+,22+,23-,24+,25-/m1/s1. The molecule has 190 valence electrons. The Morgan fingerprint density at radius 2 is 1.91 bits per heavy atom. The van der Waals surface area contributed by atoms with Crippen molar-refractivity contribution in [2.45, 2.75) is 70.9 Å². The molecule has 0 aromatic rings. The summed E-state index contributed by atoms with van der Waals surface area (Å²) in [4.78, 5) is 38.0. The van der Waals surface area contributed by atoms with Gasteiger partial charge in [-0.1, -0.05) is 13.3 Å². The van der Waals surface area contributed by atoms with E-state index in [9.17, 15) is 24.6 Å². The van der Waals surface area contributed by atoms with E-state index in [0.717, 1.165) is 6.42 Å². The summed E-state index contributed by atoms with van der Waals surface area (Å²) in [6, 6.07) is 0. The number of carbonyl (C=O) groups is 3. The summed E-state index contributed by atoms with van der Waals surface area (Å²) < 4.78 is 22.8. The Kier molecular flexibility index (Phi) is 5.49. The number of aliphatic hydroxyl groups excluding tert-OH is 1. The van der Waals surface area contributed by atoms with E-state index in [1.54, 1.807) is 0 Å². The number of fused-ring (bicyclic) bond motifs is 2. The minimum Gasteiger partial charge on any atom is -0.465 e. The molecule has 6 fully saturated rings. The topological polar surface area (TPSA) is 129 Å². The molecule has 0 amide bonds. The lowest BCUT2D eigenvalue weighted by molar-refractivity contribution is -0.446. The van der Waals surface area contributed by atoms with Gasteiger partial charge in [-0.3, -0.25) is 14.4 Å². The number of rotatable bonds is 5. The third-order valence-electron chi connectivity index (χ3n) is 9.93. The molecule has 4 bridgehead atoms. The van der Waals surface area contributed by atoms with Crippen LogP contribution in [0.3, 0.4) is 0 Å². The zero-order chi connectivity index (χ0) is 24.7. The molecular formula is C25H36O9. The molecule has 2 heterocycles. The molecule has 0 aromatic carbocycles. The first kappa shape index (κ1) is 24.2. The first-order valence-electron chi connectivity index (χ1n) is 12.3. The average molecular weight is 481 g/mol. The molecule has 10 atom stereocenters. The van der Waals surface area contributed by atoms with Crippen molar-refractivity contribution >= 4 is 17.7 Å². The van der Waals surface area contributed by atoms with Gasteiger partial charge in [-0.2, -0.15) is 0 Å². The van der Waals surface area contributed by atoms with Gasteiger partial charge in [0, 0.05) is 49.5 Å². The maximum absolute atomic E-state index is 14.1. The fraction of sp³-hybridized carbons (Fsp3) is 0.880. The SMILES string of the molecule is COC[C@H]1C(=O)[C@]23C[C@H]1C[C@@H](OC(C)=O)[C@H]2[C@]12CCC[C@@](C)(COC(C)=O)[C@H]1[C@H](O)[C@@]3(O)OC2. The third kappa shape index (κ3) is 2.84. The number of hydrogen-bond acceptors (Lipinski definition) is 9. The number of methoxy groups -OCH3 is 1. The zero-order valence-corrected chi connectivity index (χ0v) is 20.4. The molecule has 0 unspecified atom stereocenters. The second kappa shape index (κ2) is 7.72. The number of ether oxygens (including phenoxy) is 4. The molecule has 2 spiro atoms. The quantitative estimate of drug-likeness (QED) is 0.558. The van der Waals surface area contributed by atoms with E-state index in [-0.39, 0.29) is 31.5 Å². The number of ketones is 1. The van der Waals surface area contributed by atoms with E-state index >= 15 is 0 Å². The largest absolute Gasteiger partial charge is 0.465 e. The molecule has 4 saturated carbocycles. The van der Waals surface area contributed by atoms with Crippen molar-refractivity contribution in [3.05, 3.63) is 0 Å². The lowest BCUT2D eigenvalue weighted by atomic mass is 9.36. The molecule has 6 aliphatic rings. The average Bonchev–Trinajstić information content (AvgIpc) is 2.96. The van der Waals surface area contributed by atoms with Crippen LogP contribution in [-0.2, 0) is 33.3 Å². The molecule has 4 aliphatic carbocycles. The summed E-state index contributed by atoms with van der Waals surface area (Å²) in [5, 5.41) is 23.9. The highest BCUT2D eigenvalue weighted by Crippen LogP contribution is 2.77. The monoisotopic (exact) mass is 480 g/mol. The second-order valence-corrected chi connectivity index (χ2v) is 11.7. The lowest BCUT2D eigenvalue weighted by Crippen LogP contribution is -2.83. The van der Waals surface area contributed by atoms with Crippen LogP contribution in [0.25, 0.3) is 0 Å². The van der Waals surface area contributed by atoms with Crippen molar-refractivity contribution < 1.29 is 43.5 Å². The van der Waals surface area contributed by atoms with E-state index in [0.29, 0.717) is 25.7 Å². The highest BCUT2D eigenvalue weighted by atomic mass is 16.6. The fourth-order valence-corrected chi connectivity index (χ4v) is 9.11. The van der Waals surface area contributed by atoms with Crippen LogP contribution in [0.4, 0.5) is 0 Å². The summed E-state index contributed by atoms with van der Waals surface area (Å²) in [5.41, 5.74) is -2.72. The van der Waals surface area contributed by atoms with Crippen molar-refractivity contribution in [3.63, 3.8) is 0 Å². The van der Waals surface area contributed by atoms with Gasteiger partial charge >= 0.3 is 11.9 Å². The Hall–Kier alpha value is -1.55. The molecule has 2 saturated heterocycles. The minimum atomic E-state index is -2.12. The van der Waals surface area contributed by atoms with Crippen molar-refractivity contribution in [1.29, 1.82) is 0 Å². The number of Topliss-reactive ketones (excluding diaryl/α,β-unsaturated/α-hetero) is 1. The highest BCUT2D eigenvalue weighted by Gasteiger charge is 2.85. The van der Waals surface area contributed by atoms with Gasteiger partial charge in [0.2, 0.25) is 5.79 Å². The summed E-state index contributed by atoms with van der Waals surface area (Å²) in [7, 11) is 1.54. The molecular weight excluding hydrogens is 444 g/mol. The van der Waals surface area contributed by atoms with Gasteiger partial charge in [-0.15, -0.1) is 0 Å². The molecule has 9 heteroatoms. The first-order chi connectivity index (χ1) is 16.0. The third-order valence-corrected chi connectivity index (χ3v) is 9.93. The summed E-state index contributed by atoms with van der Waals surface area (Å²) >= 11 is 0. The lowest BCUT2D eigenvalue weighted by Gasteiger charge is -2.74. The van der Waals surface area contributed by atoms with Crippen LogP contribution in [0.2, 0.25) is 0 Å². The smallest absolute Gasteiger partial charge is 0.302 e. The molecule has 34 heavy (non-hydrogen) atoms. The van der Waals surface area contributed by atoms with Crippen LogP contribution in [0.1, 0.15) is 52.9 Å². The van der Waals surface area contributed by atoms with Crippen molar-refractivity contribution in [2.75, 3.05) is 26.9 Å². The zero-order valence-electron chi connectivity index (χ0n) is 20.4. The van der Waals surface area contributed by atoms with E-state index < -0.39 is 63.9 Å². The molecule has 0 radical (unpaired) electrons. The van der Waals surface area contributed by atoms with Crippen LogP contribution in [0, 0.1) is 39.9 Å². The second-order valence-electron chi connectivity index (χ2n) is 11.7. The van der Waals surface area contributed by atoms with E-state index in [4.69, 9.17) is 18.9 Å². The predicted molar refractivity (Wildman–Crippen MR) is 116 cm³/mol. The van der Waals surface area contributed by atoms with Crippen molar-refractivity contribution in [3.8, 4) is 0 Å². The normalized spacial score (nSPS) is 50.9. The summed E-state index contributed by atoms with van der Waals surface area (Å²) in [6.07, 6.45) is 1.08. The van der Waals surface area contributed by atoms with Gasteiger partial charge in [0.1, 0.15) is 12.2 Å². The Morgan fingerprint density at radius 1 is 1.18 bits per heavy atom. The number of carbonyl (C=O) groups excluding carboxylic acids is 3. The summed E-state index contributed by atoms with van der Waals surface area (Å²) in [6.45, 7) is 5.14. The van der Waals surface area contributed by atoms with Crippen LogP contribution < -0.4 is 0 Å². The van der Waals surface area contributed by atoms with Gasteiger partial charge < -0.3 is 29.2 Å². The fourth-order valence-electron chi connectivity index (χ4n) is 9.11. The Bertz CT molecular complexity index is 905. The number of esters is 2. The van der Waals surface area contributed by atoms with Crippen LogP contribution in [0.5, 0.6) is 0 Å². The summed E-state index contributed by atoms with van der Waals surface area (Å²) in [5.74, 6) is -4.71. The minimum absolute atomic E-state index is 0.0999. The molecule has 2 N–H and O–H groups in total. The number of aliphatic hydroxyl groups is 2. The van der Waals surface area contributed by atoms with Crippen LogP contribution >= 0.6 is 0 Å². The highest BCUT2D eigenvalue weighted by molar-refractivity contribution is 5.92. The molecule has 0 aromatic heterocycles. The van der Waals surface area contributed by atoms with Gasteiger partial charge in [0.15, 0.2) is 5.78 Å².